The number of carbonyl (C=O) groups is 1. The standard InChI is InChI=1S/C23H24N2O5S/c1-16-4-9-19(10-5-16)25-31(27,28)21-12-7-17(8-13-21)23(26)24-15-18-6-11-20(29-2)14-22(18)30-3/h4-14,25H,15H2,1-3H3,(H,24,26). The summed E-state index contributed by atoms with van der Waals surface area (Å²) < 4.78 is 38.2. The Morgan fingerprint density at radius 2 is 1.58 bits per heavy atom. The molecule has 0 fully saturated rings. The number of hydrogen-bond donors (Lipinski definition) is 2. The molecule has 7 nitrogen and oxygen atoms in total. The van der Waals surface area contributed by atoms with Crippen LogP contribution in [-0.4, -0.2) is 28.5 Å². The van der Waals surface area contributed by atoms with Crippen molar-refractivity contribution in [2.24, 2.45) is 0 Å². The van der Waals surface area contributed by atoms with Gasteiger partial charge < -0.3 is 14.8 Å². The van der Waals surface area contributed by atoms with Crippen molar-refractivity contribution >= 4 is 21.6 Å². The predicted molar refractivity (Wildman–Crippen MR) is 119 cm³/mol. The number of sulfonamides is 1. The zero-order chi connectivity index (χ0) is 22.4. The summed E-state index contributed by atoms with van der Waals surface area (Å²) in [7, 11) is -0.638. The largest absolute Gasteiger partial charge is 0.497 e. The van der Waals surface area contributed by atoms with E-state index in [1.54, 1.807) is 38.5 Å². The highest BCUT2D eigenvalue weighted by molar-refractivity contribution is 7.92. The third kappa shape index (κ3) is 5.55. The lowest BCUT2D eigenvalue weighted by molar-refractivity contribution is 0.0950. The van der Waals surface area contributed by atoms with Crippen molar-refractivity contribution in [1.82, 2.24) is 5.32 Å². The Labute approximate surface area is 182 Å². The summed E-state index contributed by atoms with van der Waals surface area (Å²) in [6.45, 7) is 2.17. The van der Waals surface area contributed by atoms with Crippen LogP contribution in [0.15, 0.2) is 71.6 Å². The van der Waals surface area contributed by atoms with E-state index in [9.17, 15) is 13.2 Å². The third-order valence-corrected chi connectivity index (χ3v) is 6.06. The summed E-state index contributed by atoms with van der Waals surface area (Å²) in [4.78, 5) is 12.6. The van der Waals surface area contributed by atoms with Gasteiger partial charge in [-0.1, -0.05) is 17.7 Å². The predicted octanol–water partition coefficient (Wildman–Crippen LogP) is 3.74. The monoisotopic (exact) mass is 440 g/mol. The zero-order valence-electron chi connectivity index (χ0n) is 17.5. The summed E-state index contributed by atoms with van der Waals surface area (Å²) in [5, 5.41) is 2.81. The van der Waals surface area contributed by atoms with Crippen molar-refractivity contribution in [3.05, 3.63) is 83.4 Å². The van der Waals surface area contributed by atoms with E-state index in [0.29, 0.717) is 22.7 Å². The van der Waals surface area contributed by atoms with Crippen LogP contribution in [0.1, 0.15) is 21.5 Å². The molecular formula is C23H24N2O5S. The lowest BCUT2D eigenvalue weighted by Gasteiger charge is -2.12. The number of aryl methyl sites for hydroxylation is 1. The Hall–Kier alpha value is -3.52. The van der Waals surface area contributed by atoms with Crippen LogP contribution in [0.5, 0.6) is 11.5 Å². The van der Waals surface area contributed by atoms with Gasteiger partial charge in [-0.15, -0.1) is 0 Å². The van der Waals surface area contributed by atoms with Gasteiger partial charge in [-0.25, -0.2) is 8.42 Å². The lowest BCUT2D eigenvalue weighted by Crippen LogP contribution is -2.23. The number of rotatable bonds is 8. The van der Waals surface area contributed by atoms with Crippen molar-refractivity contribution < 1.29 is 22.7 Å². The second-order valence-electron chi connectivity index (χ2n) is 6.86. The van der Waals surface area contributed by atoms with Crippen molar-refractivity contribution in [2.75, 3.05) is 18.9 Å². The highest BCUT2D eigenvalue weighted by Crippen LogP contribution is 2.24. The summed E-state index contributed by atoms with van der Waals surface area (Å²) in [5.41, 5.74) is 2.64. The third-order valence-electron chi connectivity index (χ3n) is 4.66. The maximum absolute atomic E-state index is 12.6. The number of hydrogen-bond acceptors (Lipinski definition) is 5. The van der Waals surface area contributed by atoms with Crippen LogP contribution in [0.4, 0.5) is 5.69 Å². The molecule has 0 unspecified atom stereocenters. The number of benzene rings is 3. The van der Waals surface area contributed by atoms with Crippen LogP contribution in [0.25, 0.3) is 0 Å². The maximum Gasteiger partial charge on any atom is 0.261 e. The molecule has 3 aromatic rings. The minimum Gasteiger partial charge on any atom is -0.497 e. The molecule has 0 heterocycles. The van der Waals surface area contributed by atoms with Crippen LogP contribution in [0.2, 0.25) is 0 Å². The molecule has 3 aromatic carbocycles. The Balaban J connectivity index is 1.66. The molecule has 0 atom stereocenters. The van der Waals surface area contributed by atoms with E-state index < -0.39 is 10.0 Å². The number of ether oxygens (including phenoxy) is 2. The van der Waals surface area contributed by atoms with Gasteiger partial charge in [-0.2, -0.15) is 0 Å². The van der Waals surface area contributed by atoms with E-state index in [-0.39, 0.29) is 17.3 Å². The normalized spacial score (nSPS) is 10.9. The van der Waals surface area contributed by atoms with Crippen LogP contribution < -0.4 is 19.5 Å². The Morgan fingerprint density at radius 3 is 2.19 bits per heavy atom. The van der Waals surface area contributed by atoms with Gasteiger partial charge >= 0.3 is 0 Å². The molecular weight excluding hydrogens is 416 g/mol. The SMILES string of the molecule is COc1ccc(CNC(=O)c2ccc(S(=O)(=O)Nc3ccc(C)cc3)cc2)c(OC)c1. The average molecular weight is 441 g/mol. The smallest absolute Gasteiger partial charge is 0.261 e. The van der Waals surface area contributed by atoms with Crippen molar-refractivity contribution in [1.29, 1.82) is 0 Å². The molecule has 0 saturated carbocycles. The zero-order valence-corrected chi connectivity index (χ0v) is 18.3. The molecule has 0 aliphatic rings. The average Bonchev–Trinajstić information content (AvgIpc) is 2.78. The van der Waals surface area contributed by atoms with E-state index in [1.807, 2.05) is 25.1 Å². The van der Waals surface area contributed by atoms with Gasteiger partial charge in [-0.3, -0.25) is 9.52 Å². The van der Waals surface area contributed by atoms with Gasteiger partial charge in [0.25, 0.3) is 15.9 Å². The number of methoxy groups -OCH3 is 2. The highest BCUT2D eigenvalue weighted by Gasteiger charge is 2.15. The number of anilines is 1. The fourth-order valence-corrected chi connectivity index (χ4v) is 3.96. The molecule has 0 saturated heterocycles. The Bertz CT molecular complexity index is 1160. The first-order chi connectivity index (χ1) is 14.8. The van der Waals surface area contributed by atoms with E-state index in [0.717, 1.165) is 11.1 Å². The van der Waals surface area contributed by atoms with Gasteiger partial charge in [-0.05, 0) is 55.5 Å². The first kappa shape index (κ1) is 22.2. The van der Waals surface area contributed by atoms with Gasteiger partial charge in [0.2, 0.25) is 0 Å². The van der Waals surface area contributed by atoms with Crippen LogP contribution >= 0.6 is 0 Å². The van der Waals surface area contributed by atoms with Crippen molar-refractivity contribution in [3.8, 4) is 11.5 Å². The van der Waals surface area contributed by atoms with Crippen molar-refractivity contribution in [3.63, 3.8) is 0 Å². The van der Waals surface area contributed by atoms with Gasteiger partial charge in [0.1, 0.15) is 11.5 Å². The molecule has 1 amide bonds. The van der Waals surface area contributed by atoms with Crippen molar-refractivity contribution in [2.45, 2.75) is 18.4 Å². The summed E-state index contributed by atoms with van der Waals surface area (Å²) in [6, 6.07) is 18.1. The quantitative estimate of drug-likeness (QED) is 0.557. The van der Waals surface area contributed by atoms with E-state index >= 15 is 0 Å². The first-order valence-electron chi connectivity index (χ1n) is 9.51. The molecule has 31 heavy (non-hydrogen) atoms. The summed E-state index contributed by atoms with van der Waals surface area (Å²) in [5.74, 6) is 0.930. The molecule has 8 heteroatoms. The van der Waals surface area contributed by atoms with E-state index in [1.165, 1.54) is 24.3 Å². The van der Waals surface area contributed by atoms with Crippen LogP contribution in [0, 0.1) is 6.92 Å². The van der Waals surface area contributed by atoms with Gasteiger partial charge in [0, 0.05) is 29.4 Å². The molecule has 0 spiro atoms. The number of carbonyl (C=O) groups excluding carboxylic acids is 1. The second-order valence-corrected chi connectivity index (χ2v) is 8.54. The fourth-order valence-electron chi connectivity index (χ4n) is 2.90. The topological polar surface area (TPSA) is 93.7 Å². The fraction of sp³-hybridized carbons (Fsp3) is 0.174. The molecule has 3 rings (SSSR count). The van der Waals surface area contributed by atoms with E-state index in [2.05, 4.69) is 10.0 Å². The van der Waals surface area contributed by atoms with Gasteiger partial charge in [0.15, 0.2) is 0 Å². The number of nitrogens with one attached hydrogen (secondary N) is 2. The molecule has 0 aromatic heterocycles. The van der Waals surface area contributed by atoms with Crippen LogP contribution in [-0.2, 0) is 16.6 Å². The second kappa shape index (κ2) is 9.53. The highest BCUT2D eigenvalue weighted by atomic mass is 32.2. The molecule has 0 aliphatic carbocycles. The molecule has 0 bridgehead atoms. The minimum atomic E-state index is -3.75. The van der Waals surface area contributed by atoms with E-state index in [4.69, 9.17) is 9.47 Å². The van der Waals surface area contributed by atoms with Gasteiger partial charge in [0.05, 0.1) is 19.1 Å². The Kier molecular flexibility index (Phi) is 6.81. The maximum atomic E-state index is 12.6. The Morgan fingerprint density at radius 1 is 0.903 bits per heavy atom. The molecule has 162 valence electrons. The lowest BCUT2D eigenvalue weighted by atomic mass is 10.1. The molecule has 0 radical (unpaired) electrons. The molecule has 0 aliphatic heterocycles. The minimum absolute atomic E-state index is 0.0708. The first-order valence-corrected chi connectivity index (χ1v) is 11.0. The summed E-state index contributed by atoms with van der Waals surface area (Å²) in [6.07, 6.45) is 0. The molecule has 2 N–H and O–H groups in total. The summed E-state index contributed by atoms with van der Waals surface area (Å²) >= 11 is 0. The number of amides is 1. The van der Waals surface area contributed by atoms with Crippen LogP contribution in [0.3, 0.4) is 0 Å².